The van der Waals surface area contributed by atoms with Crippen molar-refractivity contribution in [1.29, 1.82) is 0 Å². The molecular weight excluding hydrogens is 386 g/mol. The number of rotatable bonds is 6. The van der Waals surface area contributed by atoms with Gasteiger partial charge in [0.2, 0.25) is 0 Å². The van der Waals surface area contributed by atoms with Gasteiger partial charge >= 0.3 is 0 Å². The Hall–Kier alpha value is -1.21. The van der Waals surface area contributed by atoms with Crippen LogP contribution in [-0.2, 0) is 0 Å². The molecule has 0 amide bonds. The van der Waals surface area contributed by atoms with Crippen molar-refractivity contribution in [3.05, 3.63) is 68.2 Å². The number of hydrogen-bond acceptors (Lipinski definition) is 2. The fourth-order valence-corrected chi connectivity index (χ4v) is 6.19. The second kappa shape index (κ2) is 8.65. The lowest BCUT2D eigenvalue weighted by molar-refractivity contribution is 0.105. The van der Waals surface area contributed by atoms with E-state index in [4.69, 9.17) is 23.2 Å². The SMILES string of the molecule is Cc1cc(C)c(C(=O)P(CC(C)C)C(=O)c2c(Cl)cccc2Cl)c(C)c1. The van der Waals surface area contributed by atoms with Crippen LogP contribution < -0.4 is 0 Å². The molecule has 138 valence electrons. The summed E-state index contributed by atoms with van der Waals surface area (Å²) in [6, 6.07) is 8.93. The van der Waals surface area contributed by atoms with Gasteiger partial charge in [0.15, 0.2) is 11.0 Å². The van der Waals surface area contributed by atoms with E-state index in [1.54, 1.807) is 18.2 Å². The van der Waals surface area contributed by atoms with Crippen molar-refractivity contribution in [3.63, 3.8) is 0 Å². The van der Waals surface area contributed by atoms with Gasteiger partial charge in [-0.1, -0.05) is 60.8 Å². The largest absolute Gasteiger partial charge is 0.289 e. The van der Waals surface area contributed by atoms with Gasteiger partial charge in [0.25, 0.3) is 0 Å². The highest BCUT2D eigenvalue weighted by molar-refractivity contribution is 7.90. The second-order valence-corrected chi connectivity index (χ2v) is 9.83. The zero-order valence-corrected chi connectivity index (χ0v) is 18.1. The van der Waals surface area contributed by atoms with Crippen LogP contribution in [0.1, 0.15) is 51.3 Å². The Morgan fingerprint density at radius 1 is 0.923 bits per heavy atom. The molecule has 0 saturated heterocycles. The molecule has 0 spiro atoms. The number of hydrogen-bond donors (Lipinski definition) is 0. The first kappa shape index (κ1) is 21.1. The zero-order chi connectivity index (χ0) is 19.6. The molecule has 2 aromatic rings. The van der Waals surface area contributed by atoms with E-state index in [1.807, 2.05) is 46.8 Å². The van der Waals surface area contributed by atoms with Gasteiger partial charge in [0.1, 0.15) is 0 Å². The van der Waals surface area contributed by atoms with Crippen molar-refractivity contribution < 1.29 is 9.59 Å². The Morgan fingerprint density at radius 3 is 1.85 bits per heavy atom. The molecule has 0 aliphatic carbocycles. The molecular formula is C21H23Cl2O2P. The van der Waals surface area contributed by atoms with Gasteiger partial charge in [-0.3, -0.25) is 9.59 Å². The van der Waals surface area contributed by atoms with Gasteiger partial charge in [0.05, 0.1) is 15.6 Å². The second-order valence-electron chi connectivity index (χ2n) is 6.99. The first-order chi connectivity index (χ1) is 12.1. The average molecular weight is 409 g/mol. The summed E-state index contributed by atoms with van der Waals surface area (Å²) in [7, 11) is -1.60. The molecule has 0 aliphatic heterocycles. The first-order valence-electron chi connectivity index (χ1n) is 8.51. The topological polar surface area (TPSA) is 34.1 Å². The number of aryl methyl sites for hydroxylation is 3. The van der Waals surface area contributed by atoms with Crippen LogP contribution in [0.4, 0.5) is 0 Å². The van der Waals surface area contributed by atoms with Gasteiger partial charge in [0, 0.05) is 13.5 Å². The van der Waals surface area contributed by atoms with Crippen LogP contribution >= 0.6 is 31.1 Å². The van der Waals surface area contributed by atoms with Gasteiger partial charge in [-0.05, 0) is 56.1 Å². The molecule has 0 heterocycles. The standard InChI is InChI=1S/C21H23Cl2O2P/c1-12(2)11-26(21(25)19-16(22)7-6-8-17(19)23)20(24)18-14(4)9-13(3)10-15(18)5/h6-10,12H,11H2,1-5H3. The molecule has 1 atom stereocenters. The molecule has 2 aromatic carbocycles. The fraction of sp³-hybridized carbons (Fsp3) is 0.333. The van der Waals surface area contributed by atoms with Crippen molar-refractivity contribution in [2.24, 2.45) is 5.92 Å². The van der Waals surface area contributed by atoms with E-state index in [-0.39, 0.29) is 22.5 Å². The number of carbonyl (C=O) groups excluding carboxylic acids is 2. The minimum absolute atomic E-state index is 0.0929. The molecule has 0 fully saturated rings. The van der Waals surface area contributed by atoms with E-state index >= 15 is 0 Å². The predicted octanol–water partition coefficient (Wildman–Crippen LogP) is 7.04. The summed E-state index contributed by atoms with van der Waals surface area (Å²) < 4.78 is 0. The first-order valence-corrected chi connectivity index (χ1v) is 10.8. The third-order valence-electron chi connectivity index (χ3n) is 4.11. The molecule has 0 bridgehead atoms. The van der Waals surface area contributed by atoms with E-state index in [9.17, 15) is 9.59 Å². The van der Waals surface area contributed by atoms with Crippen molar-refractivity contribution >= 4 is 42.2 Å². The Morgan fingerprint density at radius 2 is 1.38 bits per heavy atom. The predicted molar refractivity (Wildman–Crippen MR) is 112 cm³/mol. The number of halogens is 2. The van der Waals surface area contributed by atoms with Crippen molar-refractivity contribution in [2.45, 2.75) is 34.6 Å². The molecule has 26 heavy (non-hydrogen) atoms. The lowest BCUT2D eigenvalue weighted by Gasteiger charge is -2.21. The van der Waals surface area contributed by atoms with E-state index < -0.39 is 7.92 Å². The molecule has 0 radical (unpaired) electrons. The van der Waals surface area contributed by atoms with Gasteiger partial charge in [-0.2, -0.15) is 0 Å². The molecule has 2 rings (SSSR count). The van der Waals surface area contributed by atoms with Crippen LogP contribution in [0.15, 0.2) is 30.3 Å². The van der Waals surface area contributed by atoms with Crippen molar-refractivity contribution in [1.82, 2.24) is 0 Å². The normalized spacial score (nSPS) is 12.3. The molecule has 1 unspecified atom stereocenters. The number of benzene rings is 2. The van der Waals surface area contributed by atoms with Crippen LogP contribution in [0.5, 0.6) is 0 Å². The molecule has 5 heteroatoms. The van der Waals surface area contributed by atoms with Crippen LogP contribution in [0.25, 0.3) is 0 Å². The average Bonchev–Trinajstić information content (AvgIpc) is 2.50. The Kier molecular flexibility index (Phi) is 7.02. The van der Waals surface area contributed by atoms with Crippen molar-refractivity contribution in [3.8, 4) is 0 Å². The summed E-state index contributed by atoms with van der Waals surface area (Å²) in [5.74, 6) is 0.210. The highest BCUT2D eigenvalue weighted by atomic mass is 35.5. The van der Waals surface area contributed by atoms with E-state index in [0.29, 0.717) is 21.8 Å². The molecule has 0 N–H and O–H groups in total. The van der Waals surface area contributed by atoms with E-state index in [0.717, 1.165) is 16.7 Å². The Balaban J connectivity index is 2.55. The summed E-state index contributed by atoms with van der Waals surface area (Å²) in [5.41, 5.74) is 3.49. The molecule has 0 aromatic heterocycles. The summed E-state index contributed by atoms with van der Waals surface area (Å²) in [6.45, 7) is 9.86. The van der Waals surface area contributed by atoms with Crippen molar-refractivity contribution in [2.75, 3.05) is 6.16 Å². The third-order valence-corrected chi connectivity index (χ3v) is 7.26. The monoisotopic (exact) mass is 408 g/mol. The van der Waals surface area contributed by atoms with Crippen LogP contribution in [0.3, 0.4) is 0 Å². The van der Waals surface area contributed by atoms with Crippen LogP contribution in [0, 0.1) is 26.7 Å². The lowest BCUT2D eigenvalue weighted by Crippen LogP contribution is -2.15. The minimum Gasteiger partial charge on any atom is -0.289 e. The minimum atomic E-state index is -1.60. The summed E-state index contributed by atoms with van der Waals surface area (Å²) in [4.78, 5) is 26.7. The van der Waals surface area contributed by atoms with Crippen LogP contribution in [0.2, 0.25) is 10.0 Å². The fourth-order valence-electron chi connectivity index (χ4n) is 3.11. The molecule has 0 saturated carbocycles. The van der Waals surface area contributed by atoms with Gasteiger partial charge in [-0.25, -0.2) is 0 Å². The van der Waals surface area contributed by atoms with E-state index in [1.165, 1.54) is 0 Å². The van der Waals surface area contributed by atoms with Crippen LogP contribution in [-0.4, -0.2) is 17.2 Å². The Labute approximate surface area is 166 Å². The summed E-state index contributed by atoms with van der Waals surface area (Å²) >= 11 is 12.5. The maximum absolute atomic E-state index is 13.4. The summed E-state index contributed by atoms with van der Waals surface area (Å²) in [5, 5.41) is 0.591. The molecule has 2 nitrogen and oxygen atoms in total. The highest BCUT2D eigenvalue weighted by Crippen LogP contribution is 2.48. The number of carbonyl (C=O) groups is 2. The zero-order valence-electron chi connectivity index (χ0n) is 15.7. The maximum atomic E-state index is 13.4. The third kappa shape index (κ3) is 4.55. The van der Waals surface area contributed by atoms with Gasteiger partial charge < -0.3 is 0 Å². The molecule has 0 aliphatic rings. The quantitative estimate of drug-likeness (QED) is 0.480. The maximum Gasteiger partial charge on any atom is 0.195 e. The van der Waals surface area contributed by atoms with E-state index in [2.05, 4.69) is 0 Å². The Bertz CT molecular complexity index is 816. The van der Waals surface area contributed by atoms with Gasteiger partial charge in [-0.15, -0.1) is 0 Å². The summed E-state index contributed by atoms with van der Waals surface area (Å²) in [6.07, 6.45) is 0.515. The highest BCUT2D eigenvalue weighted by Gasteiger charge is 2.32. The smallest absolute Gasteiger partial charge is 0.195 e. The lowest BCUT2D eigenvalue weighted by atomic mass is 10.0.